The summed E-state index contributed by atoms with van der Waals surface area (Å²) in [7, 11) is 0. The highest BCUT2D eigenvalue weighted by Gasteiger charge is 2.49. The van der Waals surface area contributed by atoms with Gasteiger partial charge in [0.05, 0.1) is 22.2 Å². The highest BCUT2D eigenvalue weighted by Crippen LogP contribution is 2.44. The Balaban J connectivity index is 1.44. The molecule has 14 heteroatoms. The third-order valence-corrected chi connectivity index (χ3v) is 9.18. The molecule has 0 bridgehead atoms. The van der Waals surface area contributed by atoms with Gasteiger partial charge in [0, 0.05) is 24.1 Å². The number of thioether (sulfide) groups is 1. The largest absolute Gasteiger partial charge is 0.505 e. The summed E-state index contributed by atoms with van der Waals surface area (Å²) in [4.78, 5) is 43.6. The quantitative estimate of drug-likeness (QED) is 0.0458. The number of imidazole rings is 1. The maximum atomic E-state index is 13.6. The molecule has 1 amide bonds. The topological polar surface area (TPSA) is 144 Å². The van der Waals surface area contributed by atoms with Crippen molar-refractivity contribution in [3.8, 4) is 0 Å². The van der Waals surface area contributed by atoms with Crippen LogP contribution in [0.25, 0.3) is 11.4 Å². The normalized spacial score (nSPS) is 16.3. The maximum absolute atomic E-state index is 13.6. The van der Waals surface area contributed by atoms with Crippen LogP contribution >= 0.6 is 23.1 Å². The summed E-state index contributed by atoms with van der Waals surface area (Å²) in [5.41, 5.74) is 2.91. The Morgan fingerprint density at radius 3 is 2.49 bits per heavy atom. The molecule has 5 aromatic rings. The van der Waals surface area contributed by atoms with Crippen LogP contribution in [-0.4, -0.2) is 41.3 Å². The van der Waals surface area contributed by atoms with Gasteiger partial charge in [-0.2, -0.15) is 0 Å². The van der Waals surface area contributed by atoms with Gasteiger partial charge in [-0.05, 0) is 60.9 Å². The zero-order chi connectivity index (χ0) is 30.4. The number of aliphatic hydroxyl groups is 1. The van der Waals surface area contributed by atoms with Crippen LogP contribution in [0.4, 0.5) is 15.2 Å². The predicted molar refractivity (Wildman–Crippen MR) is 158 cm³/mol. The SMILES string of the molecule is Cc1cccn2c(C)c(/C(O)=C3\C(=O)C(=O)N(c4nnc(SCc5ccc(F)cc5)s4)C3c3ccc([N+](=O)[O-])cc3)nc12. The molecule has 11 nitrogen and oxygen atoms in total. The smallest absolute Gasteiger partial charge is 0.301 e. The summed E-state index contributed by atoms with van der Waals surface area (Å²) in [5.74, 6) is -2.24. The minimum Gasteiger partial charge on any atom is -0.505 e. The Morgan fingerprint density at radius 1 is 1.09 bits per heavy atom. The first-order valence-corrected chi connectivity index (χ1v) is 14.6. The lowest BCUT2D eigenvalue weighted by molar-refractivity contribution is -0.384. The third-order valence-electron chi connectivity index (χ3n) is 7.05. The molecule has 0 aliphatic carbocycles. The molecule has 1 aliphatic rings. The number of aryl methyl sites for hydroxylation is 2. The number of nitro benzene ring substituents is 1. The highest BCUT2D eigenvalue weighted by atomic mass is 32.2. The third kappa shape index (κ3) is 5.04. The predicted octanol–water partition coefficient (Wildman–Crippen LogP) is 5.77. The number of ketones is 1. The number of nitrogens with zero attached hydrogens (tertiary/aromatic N) is 6. The van der Waals surface area contributed by atoms with E-state index in [1.165, 1.54) is 48.2 Å². The van der Waals surface area contributed by atoms with E-state index >= 15 is 0 Å². The average molecular weight is 617 g/mol. The van der Waals surface area contributed by atoms with Crippen molar-refractivity contribution >= 4 is 57.0 Å². The van der Waals surface area contributed by atoms with Crippen LogP contribution in [0.3, 0.4) is 0 Å². The standard InChI is InChI=1S/C29H21FN6O5S2/c1-15-4-3-13-34-16(2)22(31-26(15)34)24(37)21-23(18-7-11-20(12-8-18)36(40)41)35(27(39)25(21)38)28-32-33-29(43-28)42-14-17-5-9-19(30)10-6-17/h3-13,23,37H,14H2,1-2H3/b24-21+. The van der Waals surface area contributed by atoms with Crippen molar-refractivity contribution in [1.29, 1.82) is 0 Å². The molecule has 1 unspecified atom stereocenters. The van der Waals surface area contributed by atoms with Crippen LogP contribution in [0.1, 0.15) is 34.1 Å². The first-order valence-electron chi connectivity index (χ1n) is 12.8. The van der Waals surface area contributed by atoms with E-state index in [1.54, 1.807) is 29.7 Å². The minimum absolute atomic E-state index is 0.105. The fraction of sp³-hybridized carbons (Fsp3) is 0.138. The molecule has 4 heterocycles. The van der Waals surface area contributed by atoms with Crippen LogP contribution in [0.5, 0.6) is 0 Å². The van der Waals surface area contributed by atoms with Gasteiger partial charge in [0.2, 0.25) is 5.13 Å². The monoisotopic (exact) mass is 616 g/mol. The number of carbonyl (C=O) groups is 2. The van der Waals surface area contributed by atoms with E-state index in [9.17, 15) is 29.2 Å². The molecular formula is C29H21FN6O5S2. The second-order valence-corrected chi connectivity index (χ2v) is 11.9. The van der Waals surface area contributed by atoms with Crippen LogP contribution in [0, 0.1) is 29.8 Å². The zero-order valence-corrected chi connectivity index (χ0v) is 24.2. The number of amides is 1. The van der Waals surface area contributed by atoms with E-state index in [4.69, 9.17) is 0 Å². The van der Waals surface area contributed by atoms with Crippen molar-refractivity contribution in [3.63, 3.8) is 0 Å². The van der Waals surface area contributed by atoms with Crippen molar-refractivity contribution in [2.75, 3.05) is 4.90 Å². The molecule has 216 valence electrons. The molecule has 1 fully saturated rings. The number of aliphatic hydroxyl groups excluding tert-OH is 1. The molecule has 1 saturated heterocycles. The summed E-state index contributed by atoms with van der Waals surface area (Å²) in [6, 6.07) is 13.9. The first kappa shape index (κ1) is 28.2. The van der Waals surface area contributed by atoms with Gasteiger partial charge in [0.15, 0.2) is 10.1 Å². The Bertz CT molecular complexity index is 1950. The molecule has 0 saturated carbocycles. The number of carbonyl (C=O) groups excluding carboxylic acids is 2. The summed E-state index contributed by atoms with van der Waals surface area (Å²) < 4.78 is 15.5. The van der Waals surface area contributed by atoms with Crippen LogP contribution in [-0.2, 0) is 15.3 Å². The number of aromatic nitrogens is 4. The Hall–Kier alpha value is -4.95. The number of anilines is 1. The van der Waals surface area contributed by atoms with Crippen LogP contribution in [0.15, 0.2) is 76.8 Å². The highest BCUT2D eigenvalue weighted by molar-refractivity contribution is 8.00. The molecule has 2 aromatic carbocycles. The van der Waals surface area contributed by atoms with Gasteiger partial charge in [0.25, 0.3) is 11.5 Å². The van der Waals surface area contributed by atoms with Crippen molar-refractivity contribution in [3.05, 3.63) is 116 Å². The molecule has 0 spiro atoms. The van der Waals surface area contributed by atoms with Crippen molar-refractivity contribution in [2.24, 2.45) is 0 Å². The van der Waals surface area contributed by atoms with Crippen molar-refractivity contribution < 1.29 is 24.0 Å². The van der Waals surface area contributed by atoms with Gasteiger partial charge in [-0.15, -0.1) is 10.2 Å². The Kier molecular flexibility index (Phi) is 7.23. The van der Waals surface area contributed by atoms with Gasteiger partial charge in [-0.1, -0.05) is 41.3 Å². The number of hydrogen-bond acceptors (Lipinski definition) is 10. The lowest BCUT2D eigenvalue weighted by atomic mass is 9.96. The van der Waals surface area contributed by atoms with Gasteiger partial charge >= 0.3 is 5.91 Å². The summed E-state index contributed by atoms with van der Waals surface area (Å²) in [6.45, 7) is 3.60. The zero-order valence-electron chi connectivity index (χ0n) is 22.6. The maximum Gasteiger partial charge on any atom is 0.301 e. The number of halogens is 1. The first-order chi connectivity index (χ1) is 20.6. The second-order valence-electron chi connectivity index (χ2n) is 9.71. The van der Waals surface area contributed by atoms with E-state index in [0.717, 1.165) is 27.4 Å². The van der Waals surface area contributed by atoms with E-state index in [1.807, 2.05) is 19.1 Å². The molecule has 3 aromatic heterocycles. The fourth-order valence-electron chi connectivity index (χ4n) is 4.88. The Morgan fingerprint density at radius 2 is 1.81 bits per heavy atom. The number of pyridine rings is 1. The summed E-state index contributed by atoms with van der Waals surface area (Å²) in [6.07, 6.45) is 1.78. The average Bonchev–Trinajstić information content (AvgIpc) is 3.68. The second kappa shape index (κ2) is 11.0. The number of fused-ring (bicyclic) bond motifs is 1. The molecular weight excluding hydrogens is 595 g/mol. The molecule has 6 rings (SSSR count). The number of rotatable bonds is 7. The van der Waals surface area contributed by atoms with Crippen LogP contribution in [0.2, 0.25) is 0 Å². The number of hydrogen-bond donors (Lipinski definition) is 1. The fourth-order valence-corrected chi connectivity index (χ4v) is 6.70. The van der Waals surface area contributed by atoms with Crippen molar-refractivity contribution in [2.45, 2.75) is 30.0 Å². The molecule has 1 atom stereocenters. The van der Waals surface area contributed by atoms with Gasteiger partial charge < -0.3 is 9.51 Å². The summed E-state index contributed by atoms with van der Waals surface area (Å²) in [5, 5.41) is 31.3. The lowest BCUT2D eigenvalue weighted by Gasteiger charge is -2.22. The van der Waals surface area contributed by atoms with E-state index < -0.39 is 28.4 Å². The van der Waals surface area contributed by atoms with Crippen molar-refractivity contribution in [1.82, 2.24) is 19.6 Å². The molecule has 43 heavy (non-hydrogen) atoms. The molecule has 0 radical (unpaired) electrons. The lowest BCUT2D eigenvalue weighted by Crippen LogP contribution is -2.29. The number of Topliss-reactive ketones (excluding diaryl/α,β-unsaturated/α-hetero) is 1. The molecule has 1 aliphatic heterocycles. The summed E-state index contributed by atoms with van der Waals surface area (Å²) >= 11 is 2.39. The van der Waals surface area contributed by atoms with Gasteiger partial charge in [-0.3, -0.25) is 24.6 Å². The minimum atomic E-state index is -1.16. The number of benzene rings is 2. The number of nitro groups is 1. The molecule has 1 N–H and O–H groups in total. The Labute approximate surface area is 251 Å². The van der Waals surface area contributed by atoms with E-state index in [0.29, 0.717) is 27.0 Å². The van der Waals surface area contributed by atoms with E-state index in [2.05, 4.69) is 15.2 Å². The number of non-ortho nitro benzene ring substituents is 1. The van der Waals surface area contributed by atoms with Gasteiger partial charge in [-0.25, -0.2) is 9.37 Å². The van der Waals surface area contributed by atoms with Gasteiger partial charge in [0.1, 0.15) is 17.2 Å². The van der Waals surface area contributed by atoms with E-state index in [-0.39, 0.29) is 27.9 Å². The van der Waals surface area contributed by atoms with Crippen LogP contribution < -0.4 is 4.90 Å².